The molecule has 0 aromatic heterocycles. The Hall–Kier alpha value is -2.50. The standard InChI is InChI=1S/C24H37NO9/c1-20(2)24(27)34-19-17-32-15-13-30-11-9-28-8-10-29-12-14-31-16-18-33-23-6-4-22(5-7-23)25-21(3)26/h4-7H,1,8-19H2,2-3H3,(H,25,26). The van der Waals surface area contributed by atoms with Crippen molar-refractivity contribution < 1.29 is 42.7 Å². The zero-order chi connectivity index (χ0) is 24.9. The van der Waals surface area contributed by atoms with Crippen LogP contribution in [-0.2, 0) is 38.0 Å². The van der Waals surface area contributed by atoms with Crippen LogP contribution in [0.2, 0.25) is 0 Å². The Kier molecular flexibility index (Phi) is 17.3. The molecule has 34 heavy (non-hydrogen) atoms. The molecule has 0 bridgehead atoms. The maximum atomic E-state index is 11.1. The van der Waals surface area contributed by atoms with Crippen molar-refractivity contribution in [2.45, 2.75) is 13.8 Å². The van der Waals surface area contributed by atoms with Crippen molar-refractivity contribution in [1.29, 1.82) is 0 Å². The van der Waals surface area contributed by atoms with Gasteiger partial charge in [-0.3, -0.25) is 4.79 Å². The van der Waals surface area contributed by atoms with Gasteiger partial charge in [-0.25, -0.2) is 4.79 Å². The largest absolute Gasteiger partial charge is 0.491 e. The molecule has 1 N–H and O–H groups in total. The predicted molar refractivity (Wildman–Crippen MR) is 126 cm³/mol. The fraction of sp³-hybridized carbons (Fsp3) is 0.583. The Morgan fingerprint density at radius 3 is 1.50 bits per heavy atom. The van der Waals surface area contributed by atoms with Gasteiger partial charge in [-0.1, -0.05) is 6.58 Å². The van der Waals surface area contributed by atoms with Crippen LogP contribution in [0.1, 0.15) is 13.8 Å². The van der Waals surface area contributed by atoms with Gasteiger partial charge in [0.25, 0.3) is 0 Å². The number of hydrogen-bond acceptors (Lipinski definition) is 9. The number of benzene rings is 1. The Bertz CT molecular complexity index is 694. The summed E-state index contributed by atoms with van der Waals surface area (Å²) in [6.07, 6.45) is 0. The molecule has 0 radical (unpaired) electrons. The van der Waals surface area contributed by atoms with E-state index in [2.05, 4.69) is 11.9 Å². The molecule has 1 rings (SSSR count). The van der Waals surface area contributed by atoms with Crippen LogP contribution in [0, 0.1) is 0 Å². The summed E-state index contributed by atoms with van der Waals surface area (Å²) in [6.45, 7) is 11.7. The highest BCUT2D eigenvalue weighted by molar-refractivity contribution is 5.88. The minimum atomic E-state index is -0.414. The van der Waals surface area contributed by atoms with Gasteiger partial charge in [0.15, 0.2) is 0 Å². The SMILES string of the molecule is C=C(C)C(=O)OCCOCCOCCOCCOCCOCCOc1ccc(NC(C)=O)cc1. The second-order valence-corrected chi connectivity index (χ2v) is 7.03. The van der Waals surface area contributed by atoms with Crippen LogP contribution in [-0.4, -0.2) is 91.2 Å². The van der Waals surface area contributed by atoms with E-state index in [1.165, 1.54) is 6.92 Å². The number of nitrogens with one attached hydrogen (secondary N) is 1. The van der Waals surface area contributed by atoms with Gasteiger partial charge in [0, 0.05) is 18.2 Å². The fourth-order valence-electron chi connectivity index (χ4n) is 2.35. The molecule has 0 unspecified atom stereocenters. The van der Waals surface area contributed by atoms with Gasteiger partial charge in [0.05, 0.1) is 66.1 Å². The van der Waals surface area contributed by atoms with Crippen molar-refractivity contribution in [2.24, 2.45) is 0 Å². The van der Waals surface area contributed by atoms with E-state index in [0.717, 1.165) is 5.69 Å². The van der Waals surface area contributed by atoms with Gasteiger partial charge in [0.1, 0.15) is 19.0 Å². The van der Waals surface area contributed by atoms with Gasteiger partial charge in [-0.2, -0.15) is 0 Å². The van der Waals surface area contributed by atoms with Crippen molar-refractivity contribution in [3.63, 3.8) is 0 Å². The number of ether oxygens (including phenoxy) is 7. The van der Waals surface area contributed by atoms with Crippen LogP contribution in [0.5, 0.6) is 5.75 Å². The van der Waals surface area contributed by atoms with Crippen LogP contribution in [0.4, 0.5) is 5.69 Å². The highest BCUT2D eigenvalue weighted by Gasteiger charge is 2.02. The average Bonchev–Trinajstić information content (AvgIpc) is 2.81. The van der Waals surface area contributed by atoms with E-state index in [1.54, 1.807) is 31.2 Å². The maximum absolute atomic E-state index is 11.1. The first-order valence-corrected chi connectivity index (χ1v) is 11.2. The third-order valence-electron chi connectivity index (χ3n) is 3.97. The van der Waals surface area contributed by atoms with E-state index in [4.69, 9.17) is 33.2 Å². The van der Waals surface area contributed by atoms with E-state index < -0.39 is 5.97 Å². The molecule has 0 heterocycles. The van der Waals surface area contributed by atoms with Gasteiger partial charge in [-0.05, 0) is 31.2 Å². The van der Waals surface area contributed by atoms with Crippen molar-refractivity contribution in [1.82, 2.24) is 0 Å². The summed E-state index contributed by atoms with van der Waals surface area (Å²) in [5.74, 6) is 0.188. The number of carbonyl (C=O) groups is 2. The first-order valence-electron chi connectivity index (χ1n) is 11.2. The molecular weight excluding hydrogens is 446 g/mol. The number of esters is 1. The highest BCUT2D eigenvalue weighted by Crippen LogP contribution is 2.15. The minimum Gasteiger partial charge on any atom is -0.491 e. The van der Waals surface area contributed by atoms with Gasteiger partial charge >= 0.3 is 5.97 Å². The summed E-state index contributed by atoms with van der Waals surface area (Å²) in [5.41, 5.74) is 1.10. The second-order valence-electron chi connectivity index (χ2n) is 7.03. The summed E-state index contributed by atoms with van der Waals surface area (Å²) in [4.78, 5) is 22.1. The van der Waals surface area contributed by atoms with Gasteiger partial charge in [-0.15, -0.1) is 0 Å². The molecule has 1 aromatic carbocycles. The number of anilines is 1. The second kappa shape index (κ2) is 19.9. The van der Waals surface area contributed by atoms with Gasteiger partial charge < -0.3 is 38.5 Å². The Balaban J connectivity index is 1.77. The van der Waals surface area contributed by atoms with Crippen molar-refractivity contribution >= 4 is 17.6 Å². The molecule has 0 saturated heterocycles. The molecule has 10 nitrogen and oxygen atoms in total. The lowest BCUT2D eigenvalue weighted by molar-refractivity contribution is -0.140. The quantitative estimate of drug-likeness (QED) is 0.160. The molecule has 0 aliphatic rings. The number of hydrogen-bond donors (Lipinski definition) is 1. The van der Waals surface area contributed by atoms with E-state index in [-0.39, 0.29) is 12.5 Å². The molecule has 10 heteroatoms. The fourth-order valence-corrected chi connectivity index (χ4v) is 2.35. The lowest BCUT2D eigenvalue weighted by Gasteiger charge is -2.09. The zero-order valence-corrected chi connectivity index (χ0v) is 20.2. The first kappa shape index (κ1) is 29.5. The normalized spacial score (nSPS) is 10.6. The summed E-state index contributed by atoms with van der Waals surface area (Å²) in [5, 5.41) is 2.70. The maximum Gasteiger partial charge on any atom is 0.333 e. The van der Waals surface area contributed by atoms with Gasteiger partial charge in [0.2, 0.25) is 5.91 Å². The van der Waals surface area contributed by atoms with E-state index in [1.807, 2.05) is 0 Å². The summed E-state index contributed by atoms with van der Waals surface area (Å²) in [7, 11) is 0. The topological polar surface area (TPSA) is 111 Å². The summed E-state index contributed by atoms with van der Waals surface area (Å²) in [6, 6.07) is 7.15. The number of carbonyl (C=O) groups excluding carboxylic acids is 2. The van der Waals surface area contributed by atoms with E-state index in [0.29, 0.717) is 84.0 Å². The van der Waals surface area contributed by atoms with Crippen molar-refractivity contribution in [2.75, 3.05) is 84.6 Å². The lowest BCUT2D eigenvalue weighted by atomic mass is 10.3. The molecule has 0 aliphatic carbocycles. The van der Waals surface area contributed by atoms with E-state index in [9.17, 15) is 9.59 Å². The molecule has 0 fully saturated rings. The molecule has 0 saturated carbocycles. The van der Waals surface area contributed by atoms with Crippen LogP contribution in [0.3, 0.4) is 0 Å². The molecule has 0 atom stereocenters. The number of rotatable bonds is 21. The van der Waals surface area contributed by atoms with Crippen LogP contribution in [0.15, 0.2) is 36.4 Å². The van der Waals surface area contributed by atoms with Crippen molar-refractivity contribution in [3.8, 4) is 5.75 Å². The molecule has 1 aromatic rings. The third kappa shape index (κ3) is 17.0. The molecule has 192 valence electrons. The molecule has 0 spiro atoms. The predicted octanol–water partition coefficient (Wildman–Crippen LogP) is 2.23. The lowest BCUT2D eigenvalue weighted by Crippen LogP contribution is -2.15. The van der Waals surface area contributed by atoms with Crippen LogP contribution >= 0.6 is 0 Å². The molecule has 0 aliphatic heterocycles. The minimum absolute atomic E-state index is 0.110. The number of amides is 1. The van der Waals surface area contributed by atoms with Crippen molar-refractivity contribution in [3.05, 3.63) is 36.4 Å². The smallest absolute Gasteiger partial charge is 0.333 e. The van der Waals surface area contributed by atoms with Crippen LogP contribution < -0.4 is 10.1 Å². The van der Waals surface area contributed by atoms with Crippen LogP contribution in [0.25, 0.3) is 0 Å². The average molecular weight is 484 g/mol. The van der Waals surface area contributed by atoms with E-state index >= 15 is 0 Å². The summed E-state index contributed by atoms with van der Waals surface area (Å²) < 4.78 is 37.4. The highest BCUT2D eigenvalue weighted by atomic mass is 16.6. The molecular formula is C24H37NO9. The Labute approximate surface area is 201 Å². The Morgan fingerprint density at radius 2 is 1.09 bits per heavy atom. The molecule has 1 amide bonds. The first-order chi connectivity index (χ1) is 16.5. The monoisotopic (exact) mass is 483 g/mol. The zero-order valence-electron chi connectivity index (χ0n) is 20.2. The summed E-state index contributed by atoms with van der Waals surface area (Å²) >= 11 is 0. The Morgan fingerprint density at radius 1 is 0.676 bits per heavy atom. The third-order valence-corrected chi connectivity index (χ3v) is 3.97.